The fourth-order valence-electron chi connectivity index (χ4n) is 4.69. The van der Waals surface area contributed by atoms with Crippen LogP contribution in [0.15, 0.2) is 36.4 Å². The summed E-state index contributed by atoms with van der Waals surface area (Å²) in [6.45, 7) is 7.98. The topological polar surface area (TPSA) is 32.8 Å². The summed E-state index contributed by atoms with van der Waals surface area (Å²) in [5, 5.41) is 0.750. The van der Waals surface area contributed by atoms with E-state index in [-0.39, 0.29) is 12.0 Å². The van der Waals surface area contributed by atoms with Crippen molar-refractivity contribution in [3.63, 3.8) is 0 Å². The molecule has 0 bridgehead atoms. The fraction of sp³-hybridized carbons (Fsp3) is 0.500. The third kappa shape index (κ3) is 5.24. The molecule has 0 spiro atoms. The number of carbonyl (C=O) groups is 1. The molecule has 1 heterocycles. The molecule has 1 saturated carbocycles. The zero-order valence-corrected chi connectivity index (χ0v) is 19.6. The molecule has 5 heteroatoms. The number of likely N-dealkylation sites (tertiary alicyclic amines) is 1. The van der Waals surface area contributed by atoms with Gasteiger partial charge in [0.1, 0.15) is 5.75 Å². The van der Waals surface area contributed by atoms with Crippen LogP contribution in [-0.4, -0.2) is 48.5 Å². The minimum atomic E-state index is 0.100. The van der Waals surface area contributed by atoms with Crippen molar-refractivity contribution >= 4 is 17.5 Å². The molecular weight excluding hydrogens is 408 g/mol. The Labute approximate surface area is 191 Å². The average Bonchev–Trinajstić information content (AvgIpc) is 3.23. The molecule has 1 aliphatic heterocycles. The summed E-state index contributed by atoms with van der Waals surface area (Å²) in [6, 6.07) is 12.2. The number of amides is 1. The van der Waals surface area contributed by atoms with E-state index in [4.69, 9.17) is 16.3 Å². The van der Waals surface area contributed by atoms with Crippen LogP contribution in [0.25, 0.3) is 0 Å². The predicted molar refractivity (Wildman–Crippen MR) is 126 cm³/mol. The highest BCUT2D eigenvalue weighted by Crippen LogP contribution is 2.36. The van der Waals surface area contributed by atoms with Crippen LogP contribution < -0.4 is 4.74 Å². The van der Waals surface area contributed by atoms with Crippen LogP contribution in [-0.2, 0) is 6.54 Å². The van der Waals surface area contributed by atoms with Crippen molar-refractivity contribution in [2.75, 3.05) is 26.7 Å². The van der Waals surface area contributed by atoms with Crippen molar-refractivity contribution in [1.29, 1.82) is 0 Å². The number of carbonyl (C=O) groups excluding carboxylic acids is 1. The number of hydrogen-bond donors (Lipinski definition) is 0. The average molecular weight is 441 g/mol. The number of benzene rings is 2. The number of ether oxygens (including phenoxy) is 1. The minimum absolute atomic E-state index is 0.100. The molecule has 0 radical (unpaired) electrons. The van der Waals surface area contributed by atoms with E-state index in [1.807, 2.05) is 56.1 Å². The second kappa shape index (κ2) is 9.62. The van der Waals surface area contributed by atoms with E-state index in [0.29, 0.717) is 5.92 Å². The quantitative estimate of drug-likeness (QED) is 0.571. The zero-order valence-electron chi connectivity index (χ0n) is 18.9. The largest absolute Gasteiger partial charge is 0.489 e. The highest BCUT2D eigenvalue weighted by molar-refractivity contribution is 6.32. The Bertz CT molecular complexity index is 933. The molecule has 31 heavy (non-hydrogen) atoms. The van der Waals surface area contributed by atoms with E-state index in [0.717, 1.165) is 72.0 Å². The van der Waals surface area contributed by atoms with Gasteiger partial charge >= 0.3 is 0 Å². The van der Waals surface area contributed by atoms with Gasteiger partial charge in [-0.05, 0) is 81.8 Å². The molecule has 1 aliphatic carbocycles. The maximum absolute atomic E-state index is 12.9. The summed E-state index contributed by atoms with van der Waals surface area (Å²) in [5.74, 6) is 1.36. The molecule has 2 aromatic carbocycles. The maximum Gasteiger partial charge on any atom is 0.253 e. The first kappa shape index (κ1) is 22.2. The van der Waals surface area contributed by atoms with Gasteiger partial charge in [0.25, 0.3) is 5.91 Å². The molecule has 166 valence electrons. The van der Waals surface area contributed by atoms with Crippen molar-refractivity contribution in [1.82, 2.24) is 9.80 Å². The van der Waals surface area contributed by atoms with Crippen LogP contribution in [0.4, 0.5) is 0 Å². The smallest absolute Gasteiger partial charge is 0.253 e. The molecular formula is C26H33ClN2O2. The van der Waals surface area contributed by atoms with Crippen LogP contribution >= 0.6 is 11.6 Å². The fourth-order valence-corrected chi connectivity index (χ4v) is 4.92. The maximum atomic E-state index is 12.9. The van der Waals surface area contributed by atoms with Crippen LogP contribution in [0.2, 0.25) is 5.02 Å². The lowest BCUT2D eigenvalue weighted by molar-refractivity contribution is 0.0419. The lowest BCUT2D eigenvalue weighted by atomic mass is 9.81. The Morgan fingerprint density at radius 1 is 1.16 bits per heavy atom. The summed E-state index contributed by atoms with van der Waals surface area (Å²) in [7, 11) is 1.90. The molecule has 2 fully saturated rings. The number of nitrogens with zero attached hydrogens (tertiary/aromatic N) is 2. The molecule has 1 saturated heterocycles. The number of rotatable bonds is 7. The van der Waals surface area contributed by atoms with Crippen molar-refractivity contribution in [2.45, 2.75) is 52.2 Å². The molecule has 0 atom stereocenters. The molecule has 0 unspecified atom stereocenters. The third-order valence-corrected chi connectivity index (χ3v) is 7.05. The molecule has 4 rings (SSSR count). The second-order valence-electron chi connectivity index (χ2n) is 9.29. The van der Waals surface area contributed by atoms with Gasteiger partial charge in [-0.25, -0.2) is 0 Å². The first-order valence-electron chi connectivity index (χ1n) is 11.4. The molecule has 2 aliphatic rings. The minimum Gasteiger partial charge on any atom is -0.489 e. The van der Waals surface area contributed by atoms with Crippen molar-refractivity contribution in [3.8, 4) is 5.75 Å². The van der Waals surface area contributed by atoms with Crippen molar-refractivity contribution in [3.05, 3.63) is 63.7 Å². The molecule has 2 aromatic rings. The second-order valence-corrected chi connectivity index (χ2v) is 9.67. The van der Waals surface area contributed by atoms with Gasteiger partial charge in [-0.2, -0.15) is 0 Å². The van der Waals surface area contributed by atoms with Gasteiger partial charge in [0, 0.05) is 25.7 Å². The lowest BCUT2D eigenvalue weighted by Gasteiger charge is -2.38. The van der Waals surface area contributed by atoms with Crippen LogP contribution in [0.5, 0.6) is 5.75 Å². The standard InChI is InChI=1S/C26H33ClN2O2/c1-18-9-10-19(2)23(13-18)26(30)28(3)16-20-14-22(15-20)31-24-8-6-7-21(25(24)27)17-29-11-4-5-12-29/h6-10,13,20,22H,4-5,11-12,14-17H2,1-3H3. The number of halogens is 1. The number of aryl methyl sites for hydroxylation is 2. The van der Waals surface area contributed by atoms with Crippen LogP contribution in [0, 0.1) is 19.8 Å². The lowest BCUT2D eigenvalue weighted by Crippen LogP contribution is -2.42. The van der Waals surface area contributed by atoms with Gasteiger partial charge < -0.3 is 9.64 Å². The highest BCUT2D eigenvalue weighted by Gasteiger charge is 2.33. The summed E-state index contributed by atoms with van der Waals surface area (Å²) in [6.07, 6.45) is 4.64. The summed E-state index contributed by atoms with van der Waals surface area (Å²) in [4.78, 5) is 17.2. The van der Waals surface area contributed by atoms with Crippen molar-refractivity contribution < 1.29 is 9.53 Å². The highest BCUT2D eigenvalue weighted by atomic mass is 35.5. The molecule has 1 amide bonds. The third-order valence-electron chi connectivity index (χ3n) is 6.62. The zero-order chi connectivity index (χ0) is 22.0. The van der Waals surface area contributed by atoms with Gasteiger partial charge in [-0.3, -0.25) is 9.69 Å². The number of hydrogen-bond acceptors (Lipinski definition) is 3. The Morgan fingerprint density at radius 3 is 2.65 bits per heavy atom. The van der Waals surface area contributed by atoms with E-state index < -0.39 is 0 Å². The van der Waals surface area contributed by atoms with Crippen LogP contribution in [0.3, 0.4) is 0 Å². The van der Waals surface area contributed by atoms with Gasteiger partial charge in [0.15, 0.2) is 0 Å². The van der Waals surface area contributed by atoms with Crippen molar-refractivity contribution in [2.24, 2.45) is 5.92 Å². The first-order valence-corrected chi connectivity index (χ1v) is 11.8. The Morgan fingerprint density at radius 2 is 1.90 bits per heavy atom. The molecule has 0 N–H and O–H groups in total. The molecule has 4 nitrogen and oxygen atoms in total. The van der Waals surface area contributed by atoms with E-state index in [1.165, 1.54) is 12.8 Å². The van der Waals surface area contributed by atoms with Gasteiger partial charge in [-0.1, -0.05) is 41.4 Å². The monoisotopic (exact) mass is 440 g/mol. The van der Waals surface area contributed by atoms with E-state index >= 15 is 0 Å². The van der Waals surface area contributed by atoms with Gasteiger partial charge in [-0.15, -0.1) is 0 Å². The van der Waals surface area contributed by atoms with Gasteiger partial charge in [0.05, 0.1) is 11.1 Å². The predicted octanol–water partition coefficient (Wildman–Crippen LogP) is 5.48. The normalized spacial score (nSPS) is 21.0. The van der Waals surface area contributed by atoms with E-state index in [9.17, 15) is 4.79 Å². The van der Waals surface area contributed by atoms with E-state index in [1.54, 1.807) is 0 Å². The Hall–Kier alpha value is -2.04. The molecule has 0 aromatic heterocycles. The summed E-state index contributed by atoms with van der Waals surface area (Å²) in [5.41, 5.74) is 4.09. The summed E-state index contributed by atoms with van der Waals surface area (Å²) >= 11 is 6.67. The SMILES string of the molecule is Cc1ccc(C)c(C(=O)N(C)CC2CC(Oc3cccc(CN4CCCC4)c3Cl)C2)c1. The van der Waals surface area contributed by atoms with E-state index in [2.05, 4.69) is 11.0 Å². The first-order chi connectivity index (χ1) is 14.9. The van der Waals surface area contributed by atoms with Crippen LogP contribution in [0.1, 0.15) is 52.7 Å². The van der Waals surface area contributed by atoms with Gasteiger partial charge in [0.2, 0.25) is 0 Å². The summed E-state index contributed by atoms with van der Waals surface area (Å²) < 4.78 is 6.22. The Kier molecular flexibility index (Phi) is 6.88. The Balaban J connectivity index is 1.28.